The van der Waals surface area contributed by atoms with E-state index in [0.29, 0.717) is 22.3 Å². The molecule has 0 fully saturated rings. The van der Waals surface area contributed by atoms with Gasteiger partial charge >= 0.3 is 0 Å². The highest BCUT2D eigenvalue weighted by Gasteiger charge is 2.27. The molecule has 0 saturated heterocycles. The Labute approximate surface area is 129 Å². The lowest BCUT2D eigenvalue weighted by Gasteiger charge is -2.19. The average Bonchev–Trinajstić information content (AvgIpc) is 2.48. The van der Waals surface area contributed by atoms with Crippen molar-refractivity contribution in [1.29, 1.82) is 0 Å². The molecule has 0 aromatic heterocycles. The van der Waals surface area contributed by atoms with Gasteiger partial charge in [-0.2, -0.15) is 0 Å². The Kier molecular flexibility index (Phi) is 5.57. The first-order valence-electron chi connectivity index (χ1n) is 6.96. The van der Waals surface area contributed by atoms with Gasteiger partial charge in [0, 0.05) is 17.7 Å². The Bertz CT molecular complexity index is 576. The van der Waals surface area contributed by atoms with E-state index >= 15 is 0 Å². The van der Waals surface area contributed by atoms with Gasteiger partial charge < -0.3 is 25.7 Å². The van der Waals surface area contributed by atoms with E-state index in [-0.39, 0.29) is 24.7 Å². The Morgan fingerprint density at radius 1 is 1.14 bits per heavy atom. The maximum Gasteiger partial charge on any atom is 0.255 e. The lowest BCUT2D eigenvalue weighted by Crippen LogP contribution is -2.43. The van der Waals surface area contributed by atoms with Crippen LogP contribution in [0.1, 0.15) is 29.2 Å². The van der Waals surface area contributed by atoms with Crippen molar-refractivity contribution < 1.29 is 25.2 Å². The van der Waals surface area contributed by atoms with Gasteiger partial charge in [0.25, 0.3) is 5.91 Å². The second-order valence-electron chi connectivity index (χ2n) is 5.45. The molecule has 6 nitrogen and oxygen atoms in total. The summed E-state index contributed by atoms with van der Waals surface area (Å²) in [5.74, 6) is -0.599. The van der Waals surface area contributed by atoms with Crippen LogP contribution in [0.3, 0.4) is 0 Å². The fraction of sp³-hybridized carbons (Fsp3) is 0.438. The van der Waals surface area contributed by atoms with Gasteiger partial charge in [-0.05, 0) is 44.9 Å². The van der Waals surface area contributed by atoms with Gasteiger partial charge in [-0.1, -0.05) is 6.08 Å². The number of benzene rings is 1. The quantitative estimate of drug-likeness (QED) is 0.519. The Morgan fingerprint density at radius 2 is 1.68 bits per heavy atom. The molecule has 0 saturated carbocycles. The van der Waals surface area contributed by atoms with Gasteiger partial charge in [-0.25, -0.2) is 0 Å². The van der Waals surface area contributed by atoms with Gasteiger partial charge in [-0.15, -0.1) is 0 Å². The minimum absolute atomic E-state index is 0.00406. The fourth-order valence-electron chi connectivity index (χ4n) is 2.02. The number of aliphatic hydroxyl groups is 2. The molecule has 1 amide bonds. The van der Waals surface area contributed by atoms with Crippen LogP contribution in [-0.4, -0.2) is 45.1 Å². The molecule has 1 unspecified atom stereocenters. The molecule has 0 aliphatic carbocycles. The van der Waals surface area contributed by atoms with E-state index in [0.717, 1.165) is 0 Å². The van der Waals surface area contributed by atoms with E-state index in [2.05, 4.69) is 5.32 Å². The number of hydrogen-bond acceptors (Lipinski definition) is 5. The first-order chi connectivity index (χ1) is 10.1. The molecule has 0 aliphatic heterocycles. The molecule has 0 heterocycles. The molecule has 0 aliphatic rings. The minimum atomic E-state index is -1.80. The first kappa shape index (κ1) is 18.0. The highest BCUT2D eigenvalue weighted by atomic mass is 16.3. The van der Waals surface area contributed by atoms with E-state index in [1.807, 2.05) is 0 Å². The van der Waals surface area contributed by atoms with Crippen molar-refractivity contribution >= 4 is 12.0 Å². The van der Waals surface area contributed by atoms with Crippen LogP contribution in [0.25, 0.3) is 6.08 Å². The third-order valence-electron chi connectivity index (χ3n) is 3.72. The van der Waals surface area contributed by atoms with Crippen LogP contribution in [0.2, 0.25) is 0 Å². The maximum atomic E-state index is 11.8. The zero-order valence-corrected chi connectivity index (χ0v) is 13.3. The van der Waals surface area contributed by atoms with Gasteiger partial charge in [-0.3, -0.25) is 4.79 Å². The molecule has 0 radical (unpaired) electrons. The van der Waals surface area contributed by atoms with Crippen molar-refractivity contribution in [1.82, 2.24) is 5.32 Å². The number of rotatable bonds is 5. The number of phenolic OH excluding ortho intramolecular Hbond substituents is 2. The van der Waals surface area contributed by atoms with E-state index < -0.39 is 11.5 Å². The topological polar surface area (TPSA) is 110 Å². The monoisotopic (exact) mass is 309 g/mol. The number of carbonyl (C=O) groups is 1. The predicted octanol–water partition coefficient (Wildman–Crippen LogP) is 0.896. The van der Waals surface area contributed by atoms with Crippen molar-refractivity contribution in [3.63, 3.8) is 0 Å². The summed E-state index contributed by atoms with van der Waals surface area (Å²) in [7, 11) is 0. The number of amides is 1. The number of nitrogens with one attached hydrogen (secondary N) is 1. The highest BCUT2D eigenvalue weighted by Crippen LogP contribution is 2.37. The lowest BCUT2D eigenvalue weighted by atomic mass is 9.95. The van der Waals surface area contributed by atoms with Crippen LogP contribution >= 0.6 is 0 Å². The lowest BCUT2D eigenvalue weighted by molar-refractivity contribution is -0.134. The average molecular weight is 309 g/mol. The third-order valence-corrected chi connectivity index (χ3v) is 3.72. The van der Waals surface area contributed by atoms with Gasteiger partial charge in [0.1, 0.15) is 11.5 Å². The summed E-state index contributed by atoms with van der Waals surface area (Å²) in [5.41, 5.74) is 0.119. The van der Waals surface area contributed by atoms with E-state index in [1.165, 1.54) is 19.1 Å². The summed E-state index contributed by atoms with van der Waals surface area (Å²) < 4.78 is 0. The Hall–Kier alpha value is -2.05. The van der Waals surface area contributed by atoms with Crippen molar-refractivity contribution in [3.05, 3.63) is 28.3 Å². The SMILES string of the molecule is Cc1c(C)c(O)c(C=CC(C)(O)C(=O)NCCO)c(C)c1O. The Balaban J connectivity index is 3.17. The Morgan fingerprint density at radius 3 is 2.23 bits per heavy atom. The number of phenols is 2. The van der Waals surface area contributed by atoms with E-state index in [9.17, 15) is 20.1 Å². The van der Waals surface area contributed by atoms with E-state index in [1.54, 1.807) is 20.8 Å². The summed E-state index contributed by atoms with van der Waals surface area (Å²) in [6, 6.07) is 0. The third kappa shape index (κ3) is 3.58. The molecule has 22 heavy (non-hydrogen) atoms. The van der Waals surface area contributed by atoms with Crippen LogP contribution < -0.4 is 5.32 Å². The molecular formula is C16H23NO5. The second kappa shape index (κ2) is 6.81. The zero-order valence-electron chi connectivity index (χ0n) is 13.3. The number of aromatic hydroxyl groups is 2. The smallest absolute Gasteiger partial charge is 0.255 e. The summed E-state index contributed by atoms with van der Waals surface area (Å²) in [6.45, 7) is 6.12. The second-order valence-corrected chi connectivity index (χ2v) is 5.45. The van der Waals surface area contributed by atoms with Crippen molar-refractivity contribution in [2.24, 2.45) is 0 Å². The highest BCUT2D eigenvalue weighted by molar-refractivity contribution is 5.88. The summed E-state index contributed by atoms with van der Waals surface area (Å²) in [5, 5.41) is 41.4. The molecule has 1 aromatic carbocycles. The van der Waals surface area contributed by atoms with Crippen LogP contribution in [0.5, 0.6) is 11.5 Å². The standard InChI is InChI=1S/C16H23NO5/c1-9-10(2)14(20)12(11(3)13(9)19)5-6-16(4,22)15(21)17-7-8-18/h5-6,18-20,22H,7-8H2,1-4H3,(H,17,21). The normalized spacial score (nSPS) is 14.1. The molecule has 1 atom stereocenters. The van der Waals surface area contributed by atoms with Crippen LogP contribution in [0, 0.1) is 20.8 Å². The van der Waals surface area contributed by atoms with Gasteiger partial charge in [0.15, 0.2) is 5.60 Å². The molecule has 122 valence electrons. The molecule has 1 aromatic rings. The van der Waals surface area contributed by atoms with Gasteiger partial charge in [0.2, 0.25) is 0 Å². The first-order valence-corrected chi connectivity index (χ1v) is 6.96. The molecule has 1 rings (SSSR count). The summed E-state index contributed by atoms with van der Waals surface area (Å²) in [6.07, 6.45) is 2.63. The molecule has 0 bridgehead atoms. The summed E-state index contributed by atoms with van der Waals surface area (Å²) in [4.78, 5) is 11.8. The van der Waals surface area contributed by atoms with Crippen LogP contribution in [0.4, 0.5) is 0 Å². The van der Waals surface area contributed by atoms with Gasteiger partial charge in [0.05, 0.1) is 6.61 Å². The van der Waals surface area contributed by atoms with Crippen LogP contribution in [-0.2, 0) is 4.79 Å². The molecule has 5 N–H and O–H groups in total. The largest absolute Gasteiger partial charge is 0.507 e. The molecule has 0 spiro atoms. The number of carbonyl (C=O) groups excluding carboxylic acids is 1. The molecule has 6 heteroatoms. The maximum absolute atomic E-state index is 11.8. The minimum Gasteiger partial charge on any atom is -0.507 e. The van der Waals surface area contributed by atoms with Crippen LogP contribution in [0.15, 0.2) is 6.08 Å². The predicted molar refractivity (Wildman–Crippen MR) is 83.7 cm³/mol. The van der Waals surface area contributed by atoms with Crippen molar-refractivity contribution in [2.75, 3.05) is 13.2 Å². The van der Waals surface area contributed by atoms with E-state index in [4.69, 9.17) is 5.11 Å². The fourth-order valence-corrected chi connectivity index (χ4v) is 2.02. The van der Waals surface area contributed by atoms with Crippen molar-refractivity contribution in [2.45, 2.75) is 33.3 Å². The number of hydrogen-bond donors (Lipinski definition) is 5. The molecular weight excluding hydrogens is 286 g/mol. The summed E-state index contributed by atoms with van der Waals surface area (Å²) >= 11 is 0. The van der Waals surface area contributed by atoms with Crippen molar-refractivity contribution in [3.8, 4) is 11.5 Å². The number of aliphatic hydroxyl groups excluding tert-OH is 1. The zero-order chi connectivity index (χ0) is 17.1.